The van der Waals surface area contributed by atoms with Gasteiger partial charge < -0.3 is 10.4 Å². The third-order valence-corrected chi connectivity index (χ3v) is 5.81. The highest BCUT2D eigenvalue weighted by Crippen LogP contribution is 2.18. The van der Waals surface area contributed by atoms with Crippen molar-refractivity contribution in [1.29, 1.82) is 0 Å². The van der Waals surface area contributed by atoms with E-state index in [-0.39, 0.29) is 18.1 Å². The molecule has 1 rings (SSSR count). The minimum Gasteiger partial charge on any atom is -0.395 e. The van der Waals surface area contributed by atoms with Gasteiger partial charge in [0.25, 0.3) is 11.8 Å². The zero-order valence-corrected chi connectivity index (χ0v) is 17.0. The molecule has 150 valence electrons. The van der Waals surface area contributed by atoms with Crippen molar-refractivity contribution < 1.29 is 24.1 Å². The topological polar surface area (TPSA) is 116 Å². The lowest BCUT2D eigenvalue weighted by Crippen LogP contribution is -2.58. The zero-order valence-electron chi connectivity index (χ0n) is 16.2. The third kappa shape index (κ3) is 6.50. The summed E-state index contributed by atoms with van der Waals surface area (Å²) < 4.78 is 10.8. The lowest BCUT2D eigenvalue weighted by molar-refractivity contribution is -0.131. The molecule has 0 saturated heterocycles. The molecule has 0 aromatic heterocycles. The largest absolute Gasteiger partial charge is 0.395 e. The lowest BCUT2D eigenvalue weighted by atomic mass is 10.0. The summed E-state index contributed by atoms with van der Waals surface area (Å²) in [4.78, 5) is 24.4. The van der Waals surface area contributed by atoms with Gasteiger partial charge in [-0.2, -0.15) is 0 Å². The smallest absolute Gasteiger partial charge is 0.267 e. The van der Waals surface area contributed by atoms with Crippen LogP contribution < -0.4 is 10.8 Å². The van der Waals surface area contributed by atoms with Crippen molar-refractivity contribution >= 4 is 22.6 Å². The molecule has 0 radical (unpaired) electrons. The van der Waals surface area contributed by atoms with Crippen LogP contribution in [0.5, 0.6) is 0 Å². The molecule has 0 fully saturated rings. The van der Waals surface area contributed by atoms with Gasteiger partial charge in [-0.05, 0) is 56.9 Å². The number of carbonyl (C=O) groups is 2. The molecule has 0 aliphatic rings. The van der Waals surface area contributed by atoms with Gasteiger partial charge in [-0.25, -0.2) is 5.48 Å². The van der Waals surface area contributed by atoms with E-state index < -0.39 is 33.4 Å². The first-order valence-electron chi connectivity index (χ1n) is 8.44. The molecule has 1 aromatic rings. The Morgan fingerprint density at radius 3 is 2.32 bits per heavy atom. The Bertz CT molecular complexity index is 857. The van der Waals surface area contributed by atoms with Crippen molar-refractivity contribution in [2.24, 2.45) is 5.92 Å². The standard InChI is InChI=1S/C20H24N2O5S/c1-14(13-23)7-5-6-8-15-9-11-16(12-10-15)18(24)21-17(19(25)22-26)20(2,3)28(4)27/h9-12,14,17,23,26H,13H2,1-4H3,(H,21,24)(H,22,25)/t14?,17-,28?/m1/s1. The van der Waals surface area contributed by atoms with E-state index in [2.05, 4.69) is 29.0 Å². The fourth-order valence-corrected chi connectivity index (χ4v) is 2.51. The molecule has 0 spiro atoms. The predicted octanol–water partition coefficient (Wildman–Crippen LogP) is 0.431. The van der Waals surface area contributed by atoms with Gasteiger partial charge in [0, 0.05) is 34.1 Å². The van der Waals surface area contributed by atoms with E-state index in [1.165, 1.54) is 23.9 Å². The van der Waals surface area contributed by atoms with Crippen LogP contribution in [0, 0.1) is 29.6 Å². The SMILES string of the molecule is CC(C#CC#Cc1ccc(C(=O)N[C@H](C(=O)NO)C(C)(C)S(C)=O)cc1)CO. The highest BCUT2D eigenvalue weighted by molar-refractivity contribution is 7.85. The minimum absolute atomic E-state index is 0.0315. The second kappa shape index (κ2) is 10.6. The molecule has 0 bridgehead atoms. The molecule has 1 aromatic carbocycles. The lowest BCUT2D eigenvalue weighted by Gasteiger charge is -2.31. The van der Waals surface area contributed by atoms with E-state index in [4.69, 9.17) is 10.3 Å². The normalized spacial score (nSPS) is 13.6. The first-order valence-corrected chi connectivity index (χ1v) is 10.00. The number of carbonyl (C=O) groups excluding carboxylic acids is 2. The van der Waals surface area contributed by atoms with Crippen LogP contribution in [-0.4, -0.2) is 50.0 Å². The van der Waals surface area contributed by atoms with Crippen molar-refractivity contribution in [3.63, 3.8) is 0 Å². The highest BCUT2D eigenvalue weighted by Gasteiger charge is 2.39. The Labute approximate surface area is 167 Å². The molecular weight excluding hydrogens is 380 g/mol. The number of hydrogen-bond acceptors (Lipinski definition) is 5. The van der Waals surface area contributed by atoms with Gasteiger partial charge in [0.1, 0.15) is 6.04 Å². The maximum atomic E-state index is 12.5. The summed E-state index contributed by atoms with van der Waals surface area (Å²) in [5.41, 5.74) is 2.42. The van der Waals surface area contributed by atoms with Gasteiger partial charge in [-0.1, -0.05) is 11.8 Å². The Morgan fingerprint density at radius 1 is 1.21 bits per heavy atom. The molecule has 0 saturated carbocycles. The summed E-state index contributed by atoms with van der Waals surface area (Å²) in [6.07, 6.45) is 1.42. The second-order valence-electron chi connectivity index (χ2n) is 6.62. The number of hydrogen-bond donors (Lipinski definition) is 4. The van der Waals surface area contributed by atoms with E-state index in [9.17, 15) is 13.8 Å². The van der Waals surface area contributed by atoms with Crippen LogP contribution in [0.1, 0.15) is 36.7 Å². The molecule has 0 heterocycles. The Balaban J connectivity index is 2.94. The average Bonchev–Trinajstić information content (AvgIpc) is 2.68. The minimum atomic E-state index is -1.45. The van der Waals surface area contributed by atoms with Crippen LogP contribution in [0.3, 0.4) is 0 Å². The van der Waals surface area contributed by atoms with Crippen LogP contribution in [0.15, 0.2) is 24.3 Å². The summed E-state index contributed by atoms with van der Waals surface area (Å²) in [6, 6.07) is 5.13. The first-order chi connectivity index (χ1) is 13.1. The molecule has 0 aliphatic heterocycles. The number of hydroxylamine groups is 1. The predicted molar refractivity (Wildman–Crippen MR) is 107 cm³/mol. The van der Waals surface area contributed by atoms with E-state index in [1.54, 1.807) is 32.9 Å². The second-order valence-corrected chi connectivity index (χ2v) is 8.58. The van der Waals surface area contributed by atoms with Crippen molar-refractivity contribution in [2.75, 3.05) is 12.9 Å². The fourth-order valence-electron chi connectivity index (χ4n) is 2.01. The van der Waals surface area contributed by atoms with Gasteiger partial charge in [-0.15, -0.1) is 0 Å². The zero-order chi connectivity index (χ0) is 21.3. The Morgan fingerprint density at radius 2 is 1.82 bits per heavy atom. The van der Waals surface area contributed by atoms with E-state index in [1.807, 2.05) is 0 Å². The maximum absolute atomic E-state index is 12.5. The van der Waals surface area contributed by atoms with E-state index in [0.29, 0.717) is 5.56 Å². The van der Waals surface area contributed by atoms with Crippen molar-refractivity contribution in [3.05, 3.63) is 35.4 Å². The van der Waals surface area contributed by atoms with Gasteiger partial charge >= 0.3 is 0 Å². The van der Waals surface area contributed by atoms with Crippen molar-refractivity contribution in [3.8, 4) is 23.7 Å². The van der Waals surface area contributed by atoms with Gasteiger partial charge in [0.15, 0.2) is 0 Å². The Kier molecular flexibility index (Phi) is 8.87. The van der Waals surface area contributed by atoms with Crippen LogP contribution in [0.25, 0.3) is 0 Å². The van der Waals surface area contributed by atoms with Crippen molar-refractivity contribution in [1.82, 2.24) is 10.8 Å². The van der Waals surface area contributed by atoms with Gasteiger partial charge in [0.05, 0.1) is 11.4 Å². The summed E-state index contributed by atoms with van der Waals surface area (Å²) in [5.74, 6) is 9.35. The Hall–Kier alpha value is -2.65. The monoisotopic (exact) mass is 404 g/mol. The average molecular weight is 404 g/mol. The number of benzene rings is 1. The van der Waals surface area contributed by atoms with E-state index >= 15 is 0 Å². The quantitative estimate of drug-likeness (QED) is 0.312. The number of aliphatic hydroxyl groups excluding tert-OH is 1. The number of nitrogens with one attached hydrogen (secondary N) is 2. The summed E-state index contributed by atoms with van der Waals surface area (Å²) in [7, 11) is -1.45. The number of aliphatic hydroxyl groups is 1. The summed E-state index contributed by atoms with van der Waals surface area (Å²) >= 11 is 0. The molecule has 0 aliphatic carbocycles. The molecular formula is C20H24N2O5S. The third-order valence-electron chi connectivity index (χ3n) is 4.09. The van der Waals surface area contributed by atoms with Crippen LogP contribution >= 0.6 is 0 Å². The van der Waals surface area contributed by atoms with Crippen LogP contribution in [-0.2, 0) is 15.6 Å². The van der Waals surface area contributed by atoms with E-state index in [0.717, 1.165) is 0 Å². The fraction of sp³-hybridized carbons (Fsp3) is 0.400. The molecule has 2 unspecified atom stereocenters. The first kappa shape index (κ1) is 23.4. The number of rotatable bonds is 6. The number of amides is 2. The summed E-state index contributed by atoms with van der Waals surface area (Å²) in [5, 5.41) is 20.3. The van der Waals surface area contributed by atoms with Crippen molar-refractivity contribution in [2.45, 2.75) is 31.6 Å². The van der Waals surface area contributed by atoms with Crippen LogP contribution in [0.2, 0.25) is 0 Å². The molecule has 7 nitrogen and oxygen atoms in total. The van der Waals surface area contributed by atoms with Gasteiger partial charge in [-0.3, -0.25) is 19.0 Å². The molecule has 3 atom stereocenters. The maximum Gasteiger partial charge on any atom is 0.267 e. The van der Waals surface area contributed by atoms with Gasteiger partial charge in [0.2, 0.25) is 0 Å². The molecule has 28 heavy (non-hydrogen) atoms. The molecule has 4 N–H and O–H groups in total. The molecule has 8 heteroatoms. The van der Waals surface area contributed by atoms with Crippen LogP contribution in [0.4, 0.5) is 0 Å². The summed E-state index contributed by atoms with van der Waals surface area (Å²) in [6.45, 7) is 4.86. The highest BCUT2D eigenvalue weighted by atomic mass is 32.2. The molecule has 2 amide bonds.